The van der Waals surface area contributed by atoms with E-state index in [9.17, 15) is 9.90 Å². The maximum absolute atomic E-state index is 14.4. The summed E-state index contributed by atoms with van der Waals surface area (Å²) in [5.74, 6) is 1.04. The minimum atomic E-state index is -1.97. The number of methoxy groups -OCH3 is 3. The molecule has 0 aliphatic carbocycles. The van der Waals surface area contributed by atoms with Crippen LogP contribution >= 0.6 is 0 Å². The zero-order valence-electron chi connectivity index (χ0n) is 31.1. The van der Waals surface area contributed by atoms with Gasteiger partial charge in [0.25, 0.3) is 0 Å². The molecule has 3 rings (SSSR count). The molecule has 0 amide bonds. The molecule has 2 aromatic carbocycles. The Bertz CT molecular complexity index is 1270. The first-order valence-electron chi connectivity index (χ1n) is 17.6. The van der Waals surface area contributed by atoms with E-state index in [0.29, 0.717) is 6.42 Å². The quantitative estimate of drug-likeness (QED) is 0.104. The zero-order valence-corrected chi connectivity index (χ0v) is 32.1. The van der Waals surface area contributed by atoms with Gasteiger partial charge < -0.3 is 38.0 Å². The molecule has 10 heteroatoms. The van der Waals surface area contributed by atoms with Crippen LogP contribution in [0.4, 0.5) is 0 Å². The van der Waals surface area contributed by atoms with Crippen molar-refractivity contribution in [2.45, 2.75) is 116 Å². The summed E-state index contributed by atoms with van der Waals surface area (Å²) in [6.07, 6.45) is -1.38. The van der Waals surface area contributed by atoms with Crippen LogP contribution < -0.4 is 9.47 Å². The number of carbonyl (C=O) groups is 1. The lowest BCUT2D eigenvalue weighted by molar-refractivity contribution is -0.294. The van der Waals surface area contributed by atoms with Crippen LogP contribution in [-0.4, -0.2) is 77.7 Å². The molecule has 1 aliphatic rings. The smallest absolute Gasteiger partial charge is 0.192 e. The molecule has 49 heavy (non-hydrogen) atoms. The van der Waals surface area contributed by atoms with Crippen molar-refractivity contribution in [2.75, 3.05) is 27.9 Å². The first-order chi connectivity index (χ1) is 23.4. The molecule has 0 bridgehead atoms. The van der Waals surface area contributed by atoms with Gasteiger partial charge in [0.05, 0.1) is 51.2 Å². The van der Waals surface area contributed by atoms with Gasteiger partial charge >= 0.3 is 0 Å². The molecular weight excluding hydrogens is 641 g/mol. The van der Waals surface area contributed by atoms with Gasteiger partial charge in [-0.1, -0.05) is 71.9 Å². The SMILES string of the molecule is C=CC[C@H](O[Si](CC)(CC)CC)[C@@H](C)[C@H](O)CC(=O)C(C)(C)[C@@H](OCc1ccc(OC)cc1)[C@@H]1OC(c2ccc(OC)cc2)OC[C@@H]1OC. The van der Waals surface area contributed by atoms with E-state index in [0.717, 1.165) is 40.8 Å². The Labute approximate surface area is 295 Å². The summed E-state index contributed by atoms with van der Waals surface area (Å²) >= 11 is 0. The Kier molecular flexibility index (Phi) is 16.0. The largest absolute Gasteiger partial charge is 0.497 e. The number of rotatable bonds is 21. The Hall–Kier alpha value is -2.57. The molecule has 1 unspecified atom stereocenters. The Balaban J connectivity index is 1.91. The molecule has 1 fully saturated rings. The second-order valence-corrected chi connectivity index (χ2v) is 18.3. The van der Waals surface area contributed by atoms with Gasteiger partial charge in [-0.3, -0.25) is 4.79 Å². The highest BCUT2D eigenvalue weighted by atomic mass is 28.4. The topological polar surface area (TPSA) is 102 Å². The first-order valence-corrected chi connectivity index (χ1v) is 20.1. The predicted octanol–water partition coefficient (Wildman–Crippen LogP) is 7.67. The lowest BCUT2D eigenvalue weighted by Crippen LogP contribution is -2.56. The summed E-state index contributed by atoms with van der Waals surface area (Å²) in [6.45, 7) is 16.7. The van der Waals surface area contributed by atoms with Crippen molar-refractivity contribution in [3.05, 3.63) is 72.3 Å². The molecule has 1 N–H and O–H groups in total. The van der Waals surface area contributed by atoms with Crippen LogP contribution in [0.3, 0.4) is 0 Å². The number of carbonyl (C=O) groups excluding carboxylic acids is 1. The van der Waals surface area contributed by atoms with E-state index in [1.807, 2.05) is 75.4 Å². The van der Waals surface area contributed by atoms with Crippen LogP contribution in [0.2, 0.25) is 18.1 Å². The maximum Gasteiger partial charge on any atom is 0.192 e. The van der Waals surface area contributed by atoms with Gasteiger partial charge in [-0.25, -0.2) is 0 Å². The average molecular weight is 701 g/mol. The lowest BCUT2D eigenvalue weighted by Gasteiger charge is -2.45. The number of hydrogen-bond donors (Lipinski definition) is 1. The number of ether oxygens (including phenoxy) is 6. The Morgan fingerprint density at radius 2 is 1.57 bits per heavy atom. The van der Waals surface area contributed by atoms with Crippen LogP contribution in [0, 0.1) is 11.3 Å². The summed E-state index contributed by atoms with van der Waals surface area (Å²) in [4.78, 5) is 14.4. The standard InChI is InChI=1S/C39H60O9Si/c1-11-15-33(48-49(12-2,13-3)14-4)27(5)32(40)24-35(41)39(6,7)37(45-25-28-16-20-30(42-8)21-17-28)36-34(44-10)26-46-38(47-36)29-18-22-31(43-9)23-19-29/h11,16-23,27,32-34,36-38,40H,1,12-15,24-26H2,2-10H3/t27-,32+,33-,34-,36+,37-,38?/m0/s1. The summed E-state index contributed by atoms with van der Waals surface area (Å²) < 4.78 is 42.7. The third-order valence-electron chi connectivity index (χ3n) is 10.4. The molecule has 1 heterocycles. The van der Waals surface area contributed by atoms with Gasteiger partial charge in [0.1, 0.15) is 29.5 Å². The van der Waals surface area contributed by atoms with Crippen molar-refractivity contribution >= 4 is 14.1 Å². The molecule has 0 aromatic heterocycles. The third kappa shape index (κ3) is 10.5. The molecule has 7 atom stereocenters. The van der Waals surface area contributed by atoms with Crippen LogP contribution in [0.1, 0.15) is 71.8 Å². The lowest BCUT2D eigenvalue weighted by atomic mass is 9.75. The van der Waals surface area contributed by atoms with E-state index in [2.05, 4.69) is 27.4 Å². The van der Waals surface area contributed by atoms with Crippen molar-refractivity contribution in [3.63, 3.8) is 0 Å². The van der Waals surface area contributed by atoms with Gasteiger partial charge in [-0.05, 0) is 54.4 Å². The highest BCUT2D eigenvalue weighted by molar-refractivity contribution is 6.73. The van der Waals surface area contributed by atoms with Crippen LogP contribution in [-0.2, 0) is 34.8 Å². The Morgan fingerprint density at radius 3 is 2.08 bits per heavy atom. The summed E-state index contributed by atoms with van der Waals surface area (Å²) in [7, 11) is 2.88. The molecule has 0 radical (unpaired) electrons. The summed E-state index contributed by atoms with van der Waals surface area (Å²) in [5, 5.41) is 11.6. The number of benzene rings is 2. The van der Waals surface area contributed by atoms with Gasteiger partial charge in [-0.2, -0.15) is 0 Å². The average Bonchev–Trinajstić information content (AvgIpc) is 3.13. The van der Waals surface area contributed by atoms with Crippen LogP contribution in [0.15, 0.2) is 61.2 Å². The van der Waals surface area contributed by atoms with Crippen LogP contribution in [0.25, 0.3) is 0 Å². The Morgan fingerprint density at radius 1 is 1.00 bits per heavy atom. The van der Waals surface area contributed by atoms with Crippen molar-refractivity contribution < 1.29 is 42.7 Å². The molecular formula is C39H60O9Si. The molecule has 0 spiro atoms. The minimum absolute atomic E-state index is 0.0602. The monoisotopic (exact) mass is 700 g/mol. The van der Waals surface area contributed by atoms with Gasteiger partial charge in [0.15, 0.2) is 14.6 Å². The van der Waals surface area contributed by atoms with Gasteiger partial charge in [0, 0.05) is 25.0 Å². The number of hydrogen-bond acceptors (Lipinski definition) is 9. The highest BCUT2D eigenvalue weighted by Crippen LogP contribution is 2.39. The summed E-state index contributed by atoms with van der Waals surface area (Å²) in [5.41, 5.74) is 0.636. The summed E-state index contributed by atoms with van der Waals surface area (Å²) in [6, 6.07) is 18.1. The van der Waals surface area contributed by atoms with E-state index in [4.69, 9.17) is 32.8 Å². The predicted molar refractivity (Wildman–Crippen MR) is 194 cm³/mol. The molecule has 274 valence electrons. The number of aliphatic hydroxyl groups excluding tert-OH is 1. The number of aliphatic hydroxyl groups is 1. The maximum atomic E-state index is 14.4. The number of ketones is 1. The third-order valence-corrected chi connectivity index (χ3v) is 15.1. The fourth-order valence-corrected chi connectivity index (χ4v) is 9.43. The molecule has 9 nitrogen and oxygen atoms in total. The van der Waals surface area contributed by atoms with E-state index in [-0.39, 0.29) is 37.4 Å². The van der Waals surface area contributed by atoms with E-state index >= 15 is 0 Å². The van der Waals surface area contributed by atoms with E-state index < -0.39 is 44.4 Å². The van der Waals surface area contributed by atoms with E-state index in [1.54, 1.807) is 21.3 Å². The minimum Gasteiger partial charge on any atom is -0.497 e. The highest BCUT2D eigenvalue weighted by Gasteiger charge is 2.49. The van der Waals surface area contributed by atoms with Crippen molar-refractivity contribution in [2.24, 2.45) is 11.3 Å². The number of Topliss-reactive ketones (excluding diaryl/α,β-unsaturated/α-hetero) is 1. The van der Waals surface area contributed by atoms with Gasteiger partial charge in [0.2, 0.25) is 0 Å². The molecule has 2 aromatic rings. The zero-order chi connectivity index (χ0) is 36.2. The van der Waals surface area contributed by atoms with Crippen LogP contribution in [0.5, 0.6) is 11.5 Å². The first kappa shape index (κ1) is 40.9. The molecule has 1 aliphatic heterocycles. The fraction of sp³-hybridized carbons (Fsp3) is 0.615. The second-order valence-electron chi connectivity index (χ2n) is 13.6. The van der Waals surface area contributed by atoms with Crippen molar-refractivity contribution in [3.8, 4) is 11.5 Å². The second kappa shape index (κ2) is 19.1. The van der Waals surface area contributed by atoms with Crippen molar-refractivity contribution in [1.82, 2.24) is 0 Å². The normalized spacial score (nSPS) is 21.0. The van der Waals surface area contributed by atoms with E-state index in [1.165, 1.54) is 0 Å². The fourth-order valence-electron chi connectivity index (χ4n) is 6.47. The molecule has 0 saturated carbocycles. The van der Waals surface area contributed by atoms with Gasteiger partial charge in [-0.15, -0.1) is 6.58 Å². The molecule has 1 saturated heterocycles. The van der Waals surface area contributed by atoms with Crippen molar-refractivity contribution in [1.29, 1.82) is 0 Å².